The van der Waals surface area contributed by atoms with E-state index in [4.69, 9.17) is 0 Å². The average molecular weight is 443 g/mol. The van der Waals surface area contributed by atoms with E-state index in [1.807, 2.05) is 18.2 Å². The molecule has 0 saturated heterocycles. The van der Waals surface area contributed by atoms with Crippen LogP contribution >= 0.6 is 11.8 Å². The molecule has 1 aromatic heterocycles. The van der Waals surface area contributed by atoms with Gasteiger partial charge in [0.25, 0.3) is 5.56 Å². The highest BCUT2D eigenvalue weighted by atomic mass is 32.2. The van der Waals surface area contributed by atoms with Crippen LogP contribution in [0.4, 0.5) is 11.4 Å². The third kappa shape index (κ3) is 3.99. The second kappa shape index (κ2) is 8.88. The van der Waals surface area contributed by atoms with E-state index in [0.717, 1.165) is 18.4 Å². The molecule has 0 spiro atoms. The summed E-state index contributed by atoms with van der Waals surface area (Å²) >= 11 is 1.78. The highest BCUT2D eigenvalue weighted by Gasteiger charge is 2.22. The number of aromatic nitrogens is 2. The summed E-state index contributed by atoms with van der Waals surface area (Å²) < 4.78 is 1.21. The molecule has 1 aliphatic heterocycles. The normalized spacial score (nSPS) is 12.3. The van der Waals surface area contributed by atoms with Gasteiger partial charge >= 0.3 is 0 Å². The van der Waals surface area contributed by atoms with Crippen molar-refractivity contribution in [2.24, 2.45) is 0 Å². The number of amides is 1. The zero-order valence-electron chi connectivity index (χ0n) is 17.4. The van der Waals surface area contributed by atoms with Crippen LogP contribution in [0.5, 0.6) is 0 Å². The van der Waals surface area contributed by atoms with E-state index >= 15 is 0 Å². The number of anilines is 2. The highest BCUT2D eigenvalue weighted by Crippen LogP contribution is 2.47. The number of carbonyl (C=O) groups is 1. The fourth-order valence-electron chi connectivity index (χ4n) is 3.92. The zero-order valence-corrected chi connectivity index (χ0v) is 18.2. The summed E-state index contributed by atoms with van der Waals surface area (Å²) in [7, 11) is 0. The number of hydrogen-bond donors (Lipinski definition) is 1. The fourth-order valence-corrected chi connectivity index (χ4v) is 5.02. The number of rotatable bonds is 6. The van der Waals surface area contributed by atoms with Gasteiger partial charge in [-0.15, -0.1) is 0 Å². The van der Waals surface area contributed by atoms with Crippen LogP contribution < -0.4 is 15.8 Å². The van der Waals surface area contributed by atoms with Crippen LogP contribution in [0.1, 0.15) is 6.42 Å². The monoisotopic (exact) mass is 442 g/mol. The van der Waals surface area contributed by atoms with Crippen LogP contribution in [0.15, 0.2) is 93.6 Å². The lowest BCUT2D eigenvalue weighted by Gasteiger charge is -2.32. The van der Waals surface area contributed by atoms with E-state index in [9.17, 15) is 9.59 Å². The Hall–Kier alpha value is -3.58. The first-order valence-electron chi connectivity index (χ1n) is 10.6. The molecule has 1 amide bonds. The lowest BCUT2D eigenvalue weighted by molar-refractivity contribution is -0.121. The molecule has 0 atom stereocenters. The fraction of sp³-hybridized carbons (Fsp3) is 0.160. The maximum Gasteiger partial charge on any atom is 0.275 e. The van der Waals surface area contributed by atoms with Gasteiger partial charge < -0.3 is 10.2 Å². The minimum atomic E-state index is -0.253. The van der Waals surface area contributed by atoms with Gasteiger partial charge in [-0.3, -0.25) is 9.59 Å². The van der Waals surface area contributed by atoms with Crippen molar-refractivity contribution in [1.29, 1.82) is 0 Å². The molecule has 2 heterocycles. The largest absolute Gasteiger partial charge is 0.354 e. The van der Waals surface area contributed by atoms with Gasteiger partial charge in [0.1, 0.15) is 6.54 Å². The standard InChI is InChI=1S/C25H22N4O2S/c30-24(17-29-25(31)19-9-2-1-8-18(19)16-27-29)26-14-7-15-28-20-10-3-5-12-22(20)32-23-13-6-4-11-21(23)28/h1-6,8-13,16H,7,14-15,17H2,(H,26,30). The van der Waals surface area contributed by atoms with Gasteiger partial charge in [-0.1, -0.05) is 54.2 Å². The summed E-state index contributed by atoms with van der Waals surface area (Å²) in [6.07, 6.45) is 2.40. The molecule has 0 radical (unpaired) electrons. The predicted molar refractivity (Wildman–Crippen MR) is 128 cm³/mol. The molecule has 0 fully saturated rings. The summed E-state index contributed by atoms with van der Waals surface area (Å²) in [5.41, 5.74) is 2.13. The van der Waals surface area contributed by atoms with Crippen molar-refractivity contribution in [2.45, 2.75) is 22.8 Å². The summed E-state index contributed by atoms with van der Waals surface area (Å²) in [4.78, 5) is 29.7. The molecule has 0 aliphatic carbocycles. The third-order valence-corrected chi connectivity index (χ3v) is 6.60. The molecule has 0 unspecified atom stereocenters. The van der Waals surface area contributed by atoms with Crippen molar-refractivity contribution in [1.82, 2.24) is 15.1 Å². The number of para-hydroxylation sites is 2. The SMILES string of the molecule is O=C(Cn1ncc2ccccc2c1=O)NCCCN1c2ccccc2Sc2ccccc21. The molecule has 32 heavy (non-hydrogen) atoms. The van der Waals surface area contributed by atoms with Crippen LogP contribution in [0.25, 0.3) is 10.8 Å². The smallest absolute Gasteiger partial charge is 0.275 e. The first-order chi connectivity index (χ1) is 15.7. The molecule has 1 aliphatic rings. The summed E-state index contributed by atoms with van der Waals surface area (Å²) in [5, 5.41) is 8.39. The van der Waals surface area contributed by atoms with E-state index < -0.39 is 0 Å². The number of fused-ring (bicyclic) bond motifs is 3. The average Bonchev–Trinajstić information content (AvgIpc) is 2.83. The van der Waals surface area contributed by atoms with E-state index in [1.54, 1.807) is 24.0 Å². The van der Waals surface area contributed by atoms with Gasteiger partial charge in [0, 0.05) is 28.3 Å². The minimum absolute atomic E-state index is 0.0876. The van der Waals surface area contributed by atoms with Crippen molar-refractivity contribution >= 4 is 39.8 Å². The van der Waals surface area contributed by atoms with Crippen LogP contribution in [0, 0.1) is 0 Å². The Bertz CT molecular complexity index is 1310. The Kier molecular flexibility index (Phi) is 5.64. The van der Waals surface area contributed by atoms with Crippen LogP contribution in [-0.2, 0) is 11.3 Å². The molecular formula is C25H22N4O2S. The Morgan fingerprint density at radius 2 is 1.56 bits per heavy atom. The maximum absolute atomic E-state index is 12.5. The Labute approximate surface area is 189 Å². The van der Waals surface area contributed by atoms with Gasteiger partial charge in [0.15, 0.2) is 0 Å². The van der Waals surface area contributed by atoms with E-state index in [-0.39, 0.29) is 18.0 Å². The summed E-state index contributed by atoms with van der Waals surface area (Å²) in [5.74, 6) is -0.218. The first kappa shape index (κ1) is 20.3. The number of hydrogen-bond acceptors (Lipinski definition) is 5. The topological polar surface area (TPSA) is 67.2 Å². The first-order valence-corrected chi connectivity index (χ1v) is 11.4. The Morgan fingerprint density at radius 3 is 2.31 bits per heavy atom. The van der Waals surface area contributed by atoms with E-state index in [0.29, 0.717) is 11.9 Å². The van der Waals surface area contributed by atoms with Gasteiger partial charge in [0.05, 0.1) is 23.0 Å². The van der Waals surface area contributed by atoms with Gasteiger partial charge in [-0.05, 0) is 36.8 Å². The molecule has 4 aromatic rings. The third-order valence-electron chi connectivity index (χ3n) is 5.47. The number of nitrogens with zero attached hydrogens (tertiary/aromatic N) is 3. The van der Waals surface area contributed by atoms with Crippen LogP contribution in [0.2, 0.25) is 0 Å². The van der Waals surface area contributed by atoms with Crippen LogP contribution in [-0.4, -0.2) is 28.8 Å². The van der Waals surface area contributed by atoms with Crippen molar-refractivity contribution in [2.75, 3.05) is 18.0 Å². The van der Waals surface area contributed by atoms with Crippen molar-refractivity contribution in [3.8, 4) is 0 Å². The Morgan fingerprint density at radius 1 is 0.906 bits per heavy atom. The molecule has 160 valence electrons. The lowest BCUT2D eigenvalue weighted by Crippen LogP contribution is -2.35. The van der Waals surface area contributed by atoms with Crippen molar-refractivity contribution < 1.29 is 4.79 Å². The van der Waals surface area contributed by atoms with Gasteiger partial charge in [-0.2, -0.15) is 5.10 Å². The maximum atomic E-state index is 12.5. The van der Waals surface area contributed by atoms with Gasteiger partial charge in [-0.25, -0.2) is 4.68 Å². The zero-order chi connectivity index (χ0) is 21.9. The highest BCUT2D eigenvalue weighted by molar-refractivity contribution is 7.99. The summed E-state index contributed by atoms with van der Waals surface area (Å²) in [6.45, 7) is 1.22. The van der Waals surface area contributed by atoms with Crippen molar-refractivity contribution in [3.05, 3.63) is 89.3 Å². The molecule has 7 heteroatoms. The molecule has 0 saturated carbocycles. The number of benzene rings is 3. The van der Waals surface area contributed by atoms with E-state index in [1.165, 1.54) is 25.8 Å². The lowest BCUT2D eigenvalue weighted by atomic mass is 10.2. The number of nitrogens with one attached hydrogen (secondary N) is 1. The molecule has 6 nitrogen and oxygen atoms in total. The molecule has 0 bridgehead atoms. The quantitative estimate of drug-likeness (QED) is 0.453. The second-order valence-corrected chi connectivity index (χ2v) is 8.67. The molecule has 5 rings (SSSR count). The second-order valence-electron chi connectivity index (χ2n) is 7.59. The van der Waals surface area contributed by atoms with E-state index in [2.05, 4.69) is 63.8 Å². The minimum Gasteiger partial charge on any atom is -0.354 e. The van der Waals surface area contributed by atoms with Crippen LogP contribution in [0.3, 0.4) is 0 Å². The van der Waals surface area contributed by atoms with Crippen molar-refractivity contribution in [3.63, 3.8) is 0 Å². The van der Waals surface area contributed by atoms with Gasteiger partial charge in [0.2, 0.25) is 5.91 Å². The Balaban J connectivity index is 1.21. The molecular weight excluding hydrogens is 420 g/mol. The predicted octanol–water partition coefficient (Wildman–Crippen LogP) is 4.21. The molecule has 3 aromatic carbocycles. The molecule has 1 N–H and O–H groups in total. The number of carbonyl (C=O) groups excluding carboxylic acids is 1. The summed E-state index contributed by atoms with van der Waals surface area (Å²) in [6, 6.07) is 24.0.